The highest BCUT2D eigenvalue weighted by molar-refractivity contribution is 6.50. The molecule has 0 spiro atoms. The second kappa shape index (κ2) is 6.26. The minimum Gasteiger partial charge on any atom is -0.421 e. The van der Waals surface area contributed by atoms with Crippen LogP contribution in [0.15, 0.2) is 0 Å². The van der Waals surface area contributed by atoms with Crippen molar-refractivity contribution in [3.63, 3.8) is 0 Å². The zero-order chi connectivity index (χ0) is 7.11. The normalized spacial score (nSPS) is 13.7. The van der Waals surface area contributed by atoms with Crippen LogP contribution in [0.5, 0.6) is 0 Å². The maximum Gasteiger partial charge on any atom is 0.176 e. The summed E-state index contributed by atoms with van der Waals surface area (Å²) in [6, 6.07) is 1.13. The van der Waals surface area contributed by atoms with E-state index in [2.05, 4.69) is 6.55 Å². The van der Waals surface area contributed by atoms with Gasteiger partial charge in [-0.2, -0.15) is 0 Å². The number of hydrogen-bond acceptors (Lipinski definition) is 2. The number of ether oxygens (including phenoxy) is 1. The van der Waals surface area contributed by atoms with Crippen molar-refractivity contribution < 1.29 is 9.16 Å². The predicted molar refractivity (Wildman–Crippen MR) is 41.3 cm³/mol. The molecule has 0 aromatic carbocycles. The molecule has 0 N–H and O–H groups in total. The van der Waals surface area contributed by atoms with Crippen LogP contribution >= 0.6 is 0 Å². The molecular weight excluding hydrogens is 132 g/mol. The maximum atomic E-state index is 5.40. The monoisotopic (exact) mass is 148 g/mol. The minimum atomic E-state index is -0.845. The molecule has 0 bridgehead atoms. The van der Waals surface area contributed by atoms with Gasteiger partial charge in [-0.25, -0.2) is 0 Å². The largest absolute Gasteiger partial charge is 0.421 e. The molecule has 0 aromatic heterocycles. The van der Waals surface area contributed by atoms with Crippen molar-refractivity contribution in [3.05, 3.63) is 0 Å². The summed E-state index contributed by atoms with van der Waals surface area (Å²) < 4.78 is 10.3. The summed E-state index contributed by atoms with van der Waals surface area (Å²) in [5.41, 5.74) is 0. The summed E-state index contributed by atoms with van der Waals surface area (Å²) >= 11 is 0. The average molecular weight is 148 g/mol. The Bertz CT molecular complexity index is 59.0. The van der Waals surface area contributed by atoms with E-state index in [0.717, 1.165) is 19.3 Å². The highest BCUT2D eigenvalue weighted by Gasteiger charge is 2.00. The lowest BCUT2D eigenvalue weighted by Gasteiger charge is -2.07. The van der Waals surface area contributed by atoms with Crippen molar-refractivity contribution in [2.75, 3.05) is 20.3 Å². The van der Waals surface area contributed by atoms with E-state index >= 15 is 0 Å². The highest BCUT2D eigenvalue weighted by Crippen LogP contribution is 1.93. The quantitative estimate of drug-likeness (QED) is 0.542. The standard InChI is InChI=1S/C6H16O2Si/c1-4-8-9(3)6-5-7-2/h9H,4-6H2,1-3H3. The molecule has 0 saturated heterocycles. The van der Waals surface area contributed by atoms with E-state index in [0.29, 0.717) is 0 Å². The van der Waals surface area contributed by atoms with Gasteiger partial charge in [-0.1, -0.05) is 0 Å². The molecule has 0 heterocycles. The van der Waals surface area contributed by atoms with Crippen LogP contribution < -0.4 is 0 Å². The molecule has 3 heteroatoms. The van der Waals surface area contributed by atoms with Crippen molar-refractivity contribution in [1.82, 2.24) is 0 Å². The van der Waals surface area contributed by atoms with E-state index in [1.54, 1.807) is 7.11 Å². The Morgan fingerprint density at radius 1 is 1.44 bits per heavy atom. The lowest BCUT2D eigenvalue weighted by molar-refractivity contribution is 0.209. The Kier molecular flexibility index (Phi) is 6.35. The van der Waals surface area contributed by atoms with Crippen LogP contribution in [0.1, 0.15) is 6.92 Å². The van der Waals surface area contributed by atoms with E-state index < -0.39 is 9.04 Å². The summed E-state index contributed by atoms with van der Waals surface area (Å²) in [5, 5.41) is 0. The summed E-state index contributed by atoms with van der Waals surface area (Å²) in [6.45, 7) is 5.95. The Hall–Kier alpha value is 0.137. The van der Waals surface area contributed by atoms with Crippen LogP contribution in [0.4, 0.5) is 0 Å². The topological polar surface area (TPSA) is 18.5 Å². The van der Waals surface area contributed by atoms with Gasteiger partial charge in [0.1, 0.15) is 0 Å². The molecule has 0 radical (unpaired) electrons. The van der Waals surface area contributed by atoms with Crippen LogP contribution in [0.25, 0.3) is 0 Å². The number of rotatable bonds is 5. The summed E-state index contributed by atoms with van der Waals surface area (Å²) in [6.07, 6.45) is 0. The maximum absolute atomic E-state index is 5.40. The van der Waals surface area contributed by atoms with E-state index in [9.17, 15) is 0 Å². The van der Waals surface area contributed by atoms with Crippen LogP contribution in [-0.4, -0.2) is 29.4 Å². The molecule has 56 valence electrons. The van der Waals surface area contributed by atoms with Crippen molar-refractivity contribution in [3.8, 4) is 0 Å². The van der Waals surface area contributed by atoms with Gasteiger partial charge in [0.05, 0.1) is 0 Å². The third-order valence-corrected chi connectivity index (χ3v) is 3.13. The fourth-order valence-corrected chi connectivity index (χ4v) is 1.95. The van der Waals surface area contributed by atoms with Crippen LogP contribution in [0.2, 0.25) is 12.6 Å². The first-order valence-corrected chi connectivity index (χ1v) is 5.86. The first-order chi connectivity index (χ1) is 4.31. The summed E-state index contributed by atoms with van der Waals surface area (Å²) in [5.74, 6) is 0. The van der Waals surface area contributed by atoms with Gasteiger partial charge in [-0.3, -0.25) is 0 Å². The van der Waals surface area contributed by atoms with Crippen LogP contribution in [0.3, 0.4) is 0 Å². The van der Waals surface area contributed by atoms with Gasteiger partial charge in [0.25, 0.3) is 0 Å². The smallest absolute Gasteiger partial charge is 0.176 e. The molecule has 9 heavy (non-hydrogen) atoms. The molecule has 0 aliphatic rings. The highest BCUT2D eigenvalue weighted by atomic mass is 28.3. The zero-order valence-corrected chi connectivity index (χ0v) is 7.67. The van der Waals surface area contributed by atoms with Gasteiger partial charge >= 0.3 is 0 Å². The molecule has 2 nitrogen and oxygen atoms in total. The van der Waals surface area contributed by atoms with E-state index in [1.165, 1.54) is 0 Å². The van der Waals surface area contributed by atoms with E-state index in [1.807, 2.05) is 6.92 Å². The van der Waals surface area contributed by atoms with Gasteiger partial charge < -0.3 is 9.16 Å². The van der Waals surface area contributed by atoms with E-state index in [-0.39, 0.29) is 0 Å². The molecule has 1 unspecified atom stereocenters. The predicted octanol–water partition coefficient (Wildman–Crippen LogP) is 1.02. The SMILES string of the molecule is CCO[SiH](C)CCOC. The van der Waals surface area contributed by atoms with Gasteiger partial charge in [0.2, 0.25) is 0 Å². The fourth-order valence-electron chi connectivity index (χ4n) is 0.652. The molecule has 0 rings (SSSR count). The summed E-state index contributed by atoms with van der Waals surface area (Å²) in [7, 11) is 0.884. The van der Waals surface area contributed by atoms with Gasteiger partial charge in [0, 0.05) is 20.3 Å². The first kappa shape index (κ1) is 9.14. The second-order valence-corrected chi connectivity index (χ2v) is 4.58. The average Bonchev–Trinajstić information content (AvgIpc) is 1.85. The van der Waals surface area contributed by atoms with E-state index in [4.69, 9.17) is 9.16 Å². The molecule has 1 atom stereocenters. The number of methoxy groups -OCH3 is 1. The fraction of sp³-hybridized carbons (Fsp3) is 1.00. The molecule has 0 saturated carbocycles. The molecular formula is C6H16O2Si. The van der Waals surface area contributed by atoms with Crippen molar-refractivity contribution in [2.45, 2.75) is 19.5 Å². The minimum absolute atomic E-state index is 0.845. The third-order valence-electron chi connectivity index (χ3n) is 1.18. The van der Waals surface area contributed by atoms with Crippen LogP contribution in [-0.2, 0) is 9.16 Å². The lowest BCUT2D eigenvalue weighted by atomic mass is 10.9. The molecule has 0 amide bonds. The molecule has 0 aliphatic carbocycles. The molecule has 0 aliphatic heterocycles. The van der Waals surface area contributed by atoms with Gasteiger partial charge in [-0.05, 0) is 19.5 Å². The Labute approximate surface area is 58.9 Å². The van der Waals surface area contributed by atoms with Gasteiger partial charge in [-0.15, -0.1) is 0 Å². The van der Waals surface area contributed by atoms with Gasteiger partial charge in [0.15, 0.2) is 9.04 Å². The van der Waals surface area contributed by atoms with Crippen molar-refractivity contribution >= 4 is 9.04 Å². The van der Waals surface area contributed by atoms with Crippen LogP contribution in [0, 0.1) is 0 Å². The van der Waals surface area contributed by atoms with Crippen molar-refractivity contribution in [2.24, 2.45) is 0 Å². The Balaban J connectivity index is 2.95. The molecule has 0 aromatic rings. The number of hydrogen-bond donors (Lipinski definition) is 0. The Morgan fingerprint density at radius 2 is 2.11 bits per heavy atom. The lowest BCUT2D eigenvalue weighted by Crippen LogP contribution is -2.14. The molecule has 0 fully saturated rings. The summed E-state index contributed by atoms with van der Waals surface area (Å²) in [4.78, 5) is 0. The van der Waals surface area contributed by atoms with Crippen molar-refractivity contribution in [1.29, 1.82) is 0 Å². The Morgan fingerprint density at radius 3 is 2.56 bits per heavy atom. The third kappa shape index (κ3) is 6.02. The first-order valence-electron chi connectivity index (χ1n) is 3.41. The zero-order valence-electron chi connectivity index (χ0n) is 6.52. The second-order valence-electron chi connectivity index (χ2n) is 2.05.